The highest BCUT2D eigenvalue weighted by atomic mass is 16.3. The molecule has 3 N–H and O–H groups in total. The van der Waals surface area contributed by atoms with Crippen LogP contribution in [0.1, 0.15) is 34.9 Å². The molecular weight excluding hydrogens is 232 g/mol. The van der Waals surface area contributed by atoms with Gasteiger partial charge in [0.05, 0.1) is 6.07 Å². The molecule has 1 aliphatic carbocycles. The summed E-state index contributed by atoms with van der Waals surface area (Å²) in [6.45, 7) is 0. The van der Waals surface area contributed by atoms with Gasteiger partial charge in [0, 0.05) is 11.6 Å². The molecule has 0 heterocycles. The molecule has 2 rings (SSSR count). The van der Waals surface area contributed by atoms with Gasteiger partial charge in [0.15, 0.2) is 6.10 Å². The van der Waals surface area contributed by atoms with Crippen molar-refractivity contribution in [3.8, 4) is 6.07 Å². The van der Waals surface area contributed by atoms with E-state index in [1.54, 1.807) is 18.2 Å². The lowest BCUT2D eigenvalue weighted by atomic mass is 10.0. The fraction of sp³-hybridized carbons (Fsp3) is 0.385. The molecule has 94 valence electrons. The third kappa shape index (κ3) is 2.86. The summed E-state index contributed by atoms with van der Waals surface area (Å²) >= 11 is 0. The number of nitrogens with zero attached hydrogens (tertiary/aromatic N) is 1. The molecule has 18 heavy (non-hydrogen) atoms. The lowest BCUT2D eigenvalue weighted by Crippen LogP contribution is -2.25. The van der Waals surface area contributed by atoms with E-state index in [0.29, 0.717) is 17.2 Å². The molecule has 0 aliphatic heterocycles. The largest absolute Gasteiger partial charge is 0.385 e. The van der Waals surface area contributed by atoms with Crippen LogP contribution in [-0.2, 0) is 0 Å². The molecule has 0 spiro atoms. The number of amides is 1. The van der Waals surface area contributed by atoms with Crippen molar-refractivity contribution in [2.75, 3.05) is 0 Å². The summed E-state index contributed by atoms with van der Waals surface area (Å²) in [4.78, 5) is 11.7. The first-order valence-electron chi connectivity index (χ1n) is 5.78. The molecule has 5 heteroatoms. The van der Waals surface area contributed by atoms with Crippen LogP contribution in [0.2, 0.25) is 0 Å². The fourth-order valence-electron chi connectivity index (χ4n) is 1.58. The SMILES string of the molecule is N#CC(O)C(O)c1ccc(C(=O)NC2CC2)cc1. The second-order valence-corrected chi connectivity index (χ2v) is 4.39. The first kappa shape index (κ1) is 12.6. The molecule has 1 amide bonds. The Morgan fingerprint density at radius 3 is 2.44 bits per heavy atom. The molecule has 1 aliphatic rings. The Morgan fingerprint density at radius 2 is 1.94 bits per heavy atom. The second-order valence-electron chi connectivity index (χ2n) is 4.39. The first-order chi connectivity index (χ1) is 8.61. The van der Waals surface area contributed by atoms with Crippen molar-refractivity contribution in [2.24, 2.45) is 0 Å². The van der Waals surface area contributed by atoms with Crippen molar-refractivity contribution in [3.63, 3.8) is 0 Å². The van der Waals surface area contributed by atoms with Crippen LogP contribution in [0.4, 0.5) is 0 Å². The maximum atomic E-state index is 11.7. The van der Waals surface area contributed by atoms with Crippen molar-refractivity contribution < 1.29 is 15.0 Å². The van der Waals surface area contributed by atoms with Crippen LogP contribution in [0.3, 0.4) is 0 Å². The lowest BCUT2D eigenvalue weighted by Gasteiger charge is -2.12. The Labute approximate surface area is 105 Å². The van der Waals surface area contributed by atoms with E-state index in [-0.39, 0.29) is 5.91 Å². The Balaban J connectivity index is 2.04. The van der Waals surface area contributed by atoms with Crippen molar-refractivity contribution in [1.29, 1.82) is 5.26 Å². The maximum Gasteiger partial charge on any atom is 0.251 e. The maximum absolute atomic E-state index is 11.7. The van der Waals surface area contributed by atoms with Crippen LogP contribution in [-0.4, -0.2) is 28.3 Å². The molecule has 2 unspecified atom stereocenters. The van der Waals surface area contributed by atoms with Gasteiger partial charge >= 0.3 is 0 Å². The average molecular weight is 246 g/mol. The number of carbonyl (C=O) groups is 1. The van der Waals surface area contributed by atoms with Crippen LogP contribution in [0.25, 0.3) is 0 Å². The minimum absolute atomic E-state index is 0.139. The number of benzene rings is 1. The van der Waals surface area contributed by atoms with E-state index in [1.165, 1.54) is 12.1 Å². The second kappa shape index (κ2) is 5.17. The smallest absolute Gasteiger partial charge is 0.251 e. The highest BCUT2D eigenvalue weighted by Crippen LogP contribution is 2.20. The number of nitriles is 1. The zero-order chi connectivity index (χ0) is 13.1. The molecule has 1 aromatic rings. The van der Waals surface area contributed by atoms with Gasteiger partial charge in [0.25, 0.3) is 5.91 Å². The van der Waals surface area contributed by atoms with Gasteiger partial charge in [-0.2, -0.15) is 5.26 Å². The molecule has 0 saturated heterocycles. The van der Waals surface area contributed by atoms with Crippen molar-refractivity contribution >= 4 is 5.91 Å². The Hall–Kier alpha value is -1.90. The summed E-state index contributed by atoms with van der Waals surface area (Å²) in [7, 11) is 0. The predicted molar refractivity (Wildman–Crippen MR) is 63.5 cm³/mol. The van der Waals surface area contributed by atoms with E-state index >= 15 is 0 Å². The van der Waals surface area contributed by atoms with E-state index in [2.05, 4.69) is 5.32 Å². The summed E-state index contributed by atoms with van der Waals surface area (Å²) in [6.07, 6.45) is -0.667. The third-order valence-corrected chi connectivity index (χ3v) is 2.86. The summed E-state index contributed by atoms with van der Waals surface area (Å²) in [5.74, 6) is -0.139. The zero-order valence-corrected chi connectivity index (χ0v) is 9.71. The highest BCUT2D eigenvalue weighted by molar-refractivity contribution is 5.94. The average Bonchev–Trinajstić information content (AvgIpc) is 3.21. The number of aliphatic hydroxyl groups is 2. The van der Waals surface area contributed by atoms with E-state index < -0.39 is 12.2 Å². The molecule has 1 fully saturated rings. The highest BCUT2D eigenvalue weighted by Gasteiger charge is 2.24. The summed E-state index contributed by atoms with van der Waals surface area (Å²) in [5.41, 5.74) is 0.913. The van der Waals surface area contributed by atoms with Crippen molar-refractivity contribution in [2.45, 2.75) is 31.1 Å². The van der Waals surface area contributed by atoms with E-state index in [9.17, 15) is 15.0 Å². The summed E-state index contributed by atoms with van der Waals surface area (Å²) in [5, 5.41) is 30.1. The third-order valence-electron chi connectivity index (χ3n) is 2.86. The number of hydrogen-bond acceptors (Lipinski definition) is 4. The summed E-state index contributed by atoms with van der Waals surface area (Å²) < 4.78 is 0. The monoisotopic (exact) mass is 246 g/mol. The quantitative estimate of drug-likeness (QED) is 0.674. The zero-order valence-electron chi connectivity index (χ0n) is 9.71. The minimum Gasteiger partial charge on any atom is -0.385 e. The van der Waals surface area contributed by atoms with Gasteiger partial charge in [-0.1, -0.05) is 12.1 Å². The van der Waals surface area contributed by atoms with Crippen molar-refractivity contribution in [3.05, 3.63) is 35.4 Å². The standard InChI is InChI=1S/C13H14N2O3/c14-7-11(16)12(17)8-1-3-9(4-2-8)13(18)15-10-5-6-10/h1-4,10-12,16-17H,5-6H2,(H,15,18). The minimum atomic E-state index is -1.46. The van der Waals surface area contributed by atoms with Gasteiger partial charge in [0.2, 0.25) is 0 Å². The predicted octanol–water partition coefficient (Wildman–Crippen LogP) is 0.497. The Bertz CT molecular complexity index is 474. The number of rotatable bonds is 4. The van der Waals surface area contributed by atoms with Crippen molar-refractivity contribution in [1.82, 2.24) is 5.32 Å². The van der Waals surface area contributed by atoms with Crippen LogP contribution < -0.4 is 5.32 Å². The fourth-order valence-corrected chi connectivity index (χ4v) is 1.58. The molecule has 0 bridgehead atoms. The van der Waals surface area contributed by atoms with Gasteiger partial charge < -0.3 is 15.5 Å². The van der Waals surface area contributed by atoms with E-state index in [4.69, 9.17) is 5.26 Å². The summed E-state index contributed by atoms with van der Waals surface area (Å²) in [6, 6.07) is 8.06. The molecule has 0 aromatic heterocycles. The van der Waals surface area contributed by atoms with Crippen LogP contribution in [0.15, 0.2) is 24.3 Å². The lowest BCUT2D eigenvalue weighted by molar-refractivity contribution is 0.0528. The Morgan fingerprint density at radius 1 is 1.33 bits per heavy atom. The normalized spacial score (nSPS) is 17.6. The molecular formula is C13H14N2O3. The van der Waals surface area contributed by atoms with E-state index in [1.807, 2.05) is 0 Å². The Kier molecular flexibility index (Phi) is 3.60. The van der Waals surface area contributed by atoms with Gasteiger partial charge in [-0.05, 0) is 30.5 Å². The van der Waals surface area contributed by atoms with Gasteiger partial charge in [-0.15, -0.1) is 0 Å². The van der Waals surface area contributed by atoms with Crippen LogP contribution >= 0.6 is 0 Å². The molecule has 2 atom stereocenters. The topological polar surface area (TPSA) is 93.3 Å². The molecule has 5 nitrogen and oxygen atoms in total. The van der Waals surface area contributed by atoms with Gasteiger partial charge in [0.1, 0.15) is 6.10 Å². The van der Waals surface area contributed by atoms with Gasteiger partial charge in [-0.3, -0.25) is 4.79 Å². The number of aliphatic hydroxyl groups excluding tert-OH is 2. The van der Waals surface area contributed by atoms with Crippen LogP contribution in [0, 0.1) is 11.3 Å². The first-order valence-corrected chi connectivity index (χ1v) is 5.78. The number of carbonyl (C=O) groups excluding carboxylic acids is 1. The van der Waals surface area contributed by atoms with E-state index in [0.717, 1.165) is 12.8 Å². The number of hydrogen-bond donors (Lipinski definition) is 3. The van der Waals surface area contributed by atoms with Crippen LogP contribution in [0.5, 0.6) is 0 Å². The van der Waals surface area contributed by atoms with Gasteiger partial charge in [-0.25, -0.2) is 0 Å². The molecule has 1 saturated carbocycles. The molecule has 1 aromatic carbocycles. The molecule has 0 radical (unpaired) electrons. The number of nitrogens with one attached hydrogen (secondary N) is 1.